The Morgan fingerprint density at radius 2 is 2.10 bits per heavy atom. The van der Waals surface area contributed by atoms with Crippen molar-refractivity contribution < 1.29 is 14.7 Å². The van der Waals surface area contributed by atoms with Gasteiger partial charge in [0.15, 0.2) is 0 Å². The van der Waals surface area contributed by atoms with E-state index in [9.17, 15) is 9.59 Å². The van der Waals surface area contributed by atoms with Gasteiger partial charge in [-0.3, -0.25) is 14.5 Å². The quantitative estimate of drug-likeness (QED) is 0.871. The van der Waals surface area contributed by atoms with Crippen molar-refractivity contribution in [2.24, 2.45) is 11.8 Å². The van der Waals surface area contributed by atoms with Gasteiger partial charge in [0.05, 0.1) is 23.2 Å². The highest BCUT2D eigenvalue weighted by Crippen LogP contribution is 2.24. The van der Waals surface area contributed by atoms with Crippen LogP contribution >= 0.6 is 11.6 Å². The molecule has 1 amide bonds. The number of halogens is 1. The smallest absolute Gasteiger partial charge is 0.306 e. The summed E-state index contributed by atoms with van der Waals surface area (Å²) in [4.78, 5) is 24.6. The molecule has 0 saturated carbocycles. The topological polar surface area (TPSA) is 69.6 Å². The Hall–Kier alpha value is -1.59. The molecule has 20 heavy (non-hydrogen) atoms. The number of nitrogens with one attached hydrogen (secondary N) is 1. The van der Waals surface area contributed by atoms with E-state index in [2.05, 4.69) is 5.32 Å². The molecule has 2 rings (SSSR count). The number of carboxylic acids is 1. The number of carbonyl (C=O) groups excluding carboxylic acids is 1. The molecule has 0 aliphatic carbocycles. The molecule has 2 N–H and O–H groups in total. The van der Waals surface area contributed by atoms with E-state index < -0.39 is 5.97 Å². The predicted octanol–water partition coefficient (Wildman–Crippen LogP) is 1.93. The Balaban J connectivity index is 1.78. The molecule has 1 aromatic rings. The van der Waals surface area contributed by atoms with Crippen LogP contribution in [-0.2, 0) is 9.59 Å². The highest BCUT2D eigenvalue weighted by Gasteiger charge is 2.35. The number of amides is 1. The maximum absolute atomic E-state index is 11.9. The second-order valence-electron chi connectivity index (χ2n) is 5.11. The number of aliphatic carboxylic acids is 1. The van der Waals surface area contributed by atoms with E-state index in [4.69, 9.17) is 16.7 Å². The number of carboxylic acid groups (broad SMARTS) is 1. The molecule has 1 fully saturated rings. The number of hydrogen-bond donors (Lipinski definition) is 2. The molecule has 1 aliphatic rings. The summed E-state index contributed by atoms with van der Waals surface area (Å²) in [6, 6.07) is 7.05. The average molecular weight is 297 g/mol. The summed E-state index contributed by atoms with van der Waals surface area (Å²) in [6.07, 6.45) is 0. The summed E-state index contributed by atoms with van der Waals surface area (Å²) in [6.45, 7) is 3.25. The molecular weight excluding hydrogens is 280 g/mol. The number of rotatable bonds is 5. The monoisotopic (exact) mass is 296 g/mol. The molecule has 0 aromatic heterocycles. The maximum atomic E-state index is 11.9. The minimum absolute atomic E-state index is 0.126. The lowest BCUT2D eigenvalue weighted by atomic mass is 9.87. The molecular formula is C14H17ClN2O3. The van der Waals surface area contributed by atoms with Gasteiger partial charge in [0.2, 0.25) is 5.91 Å². The van der Waals surface area contributed by atoms with Gasteiger partial charge in [-0.2, -0.15) is 0 Å². The van der Waals surface area contributed by atoms with E-state index in [0.29, 0.717) is 23.8 Å². The Morgan fingerprint density at radius 3 is 2.70 bits per heavy atom. The largest absolute Gasteiger partial charge is 0.481 e. The molecule has 1 atom stereocenters. The van der Waals surface area contributed by atoms with Crippen molar-refractivity contribution in [3.8, 4) is 0 Å². The normalized spacial score (nSPS) is 17.3. The fraction of sp³-hybridized carbons (Fsp3) is 0.429. The fourth-order valence-electron chi connectivity index (χ4n) is 2.21. The highest BCUT2D eigenvalue weighted by atomic mass is 35.5. The SMILES string of the molecule is CC(C(=O)O)C1CN(CC(=O)Nc2ccccc2Cl)C1. The Bertz CT molecular complexity index is 515. The first-order valence-electron chi connectivity index (χ1n) is 6.47. The predicted molar refractivity (Wildman–Crippen MR) is 76.8 cm³/mol. The summed E-state index contributed by atoms with van der Waals surface area (Å²) in [7, 11) is 0. The van der Waals surface area contributed by atoms with Gasteiger partial charge in [0, 0.05) is 13.1 Å². The molecule has 1 aliphatic heterocycles. The highest BCUT2D eigenvalue weighted by molar-refractivity contribution is 6.33. The summed E-state index contributed by atoms with van der Waals surface area (Å²) in [5.41, 5.74) is 0.593. The van der Waals surface area contributed by atoms with Crippen molar-refractivity contribution in [1.29, 1.82) is 0 Å². The molecule has 1 saturated heterocycles. The third kappa shape index (κ3) is 3.49. The number of benzene rings is 1. The molecule has 1 aromatic carbocycles. The van der Waals surface area contributed by atoms with Crippen molar-refractivity contribution in [2.45, 2.75) is 6.92 Å². The number of likely N-dealkylation sites (tertiary alicyclic amines) is 1. The Labute approximate surface area is 122 Å². The van der Waals surface area contributed by atoms with E-state index in [1.54, 1.807) is 31.2 Å². The molecule has 6 heteroatoms. The van der Waals surface area contributed by atoms with Crippen molar-refractivity contribution in [3.63, 3.8) is 0 Å². The number of hydrogen-bond acceptors (Lipinski definition) is 3. The van der Waals surface area contributed by atoms with Crippen molar-refractivity contribution in [2.75, 3.05) is 25.0 Å². The van der Waals surface area contributed by atoms with Crippen molar-refractivity contribution in [3.05, 3.63) is 29.3 Å². The molecule has 5 nitrogen and oxygen atoms in total. The molecule has 0 spiro atoms. The van der Waals surface area contributed by atoms with Crippen LogP contribution in [0.1, 0.15) is 6.92 Å². The first kappa shape index (κ1) is 14.8. The van der Waals surface area contributed by atoms with E-state index in [1.807, 2.05) is 4.90 Å². The zero-order chi connectivity index (χ0) is 14.7. The van der Waals surface area contributed by atoms with Gasteiger partial charge in [0.25, 0.3) is 0 Å². The van der Waals surface area contributed by atoms with E-state index >= 15 is 0 Å². The minimum atomic E-state index is -0.782. The van der Waals surface area contributed by atoms with E-state index in [-0.39, 0.29) is 24.3 Å². The lowest BCUT2D eigenvalue weighted by molar-refractivity contribution is -0.145. The number of carbonyl (C=O) groups is 2. The number of para-hydroxylation sites is 1. The molecule has 108 valence electrons. The molecule has 1 unspecified atom stereocenters. The van der Waals surface area contributed by atoms with Crippen LogP contribution in [0.4, 0.5) is 5.69 Å². The van der Waals surface area contributed by atoms with Crippen LogP contribution in [0, 0.1) is 11.8 Å². The first-order chi connectivity index (χ1) is 9.47. The number of anilines is 1. The van der Waals surface area contributed by atoms with Crippen LogP contribution in [0.3, 0.4) is 0 Å². The zero-order valence-electron chi connectivity index (χ0n) is 11.2. The molecule has 1 heterocycles. The summed E-state index contributed by atoms with van der Waals surface area (Å²) >= 11 is 5.96. The lowest BCUT2D eigenvalue weighted by Gasteiger charge is -2.40. The fourth-order valence-corrected chi connectivity index (χ4v) is 2.40. The summed E-state index contributed by atoms with van der Waals surface area (Å²) in [5, 5.41) is 12.1. The summed E-state index contributed by atoms with van der Waals surface area (Å²) < 4.78 is 0. The maximum Gasteiger partial charge on any atom is 0.306 e. The lowest BCUT2D eigenvalue weighted by Crippen LogP contribution is -2.53. The van der Waals surface area contributed by atoms with Crippen LogP contribution in [0.15, 0.2) is 24.3 Å². The Morgan fingerprint density at radius 1 is 1.45 bits per heavy atom. The first-order valence-corrected chi connectivity index (χ1v) is 6.84. The van der Waals surface area contributed by atoms with Gasteiger partial charge in [0.1, 0.15) is 0 Å². The van der Waals surface area contributed by atoms with Crippen LogP contribution in [0.2, 0.25) is 5.02 Å². The van der Waals surface area contributed by atoms with Crippen LogP contribution in [0.5, 0.6) is 0 Å². The van der Waals surface area contributed by atoms with Gasteiger partial charge in [-0.15, -0.1) is 0 Å². The van der Waals surface area contributed by atoms with Gasteiger partial charge in [-0.1, -0.05) is 30.7 Å². The third-order valence-electron chi connectivity index (χ3n) is 3.60. The van der Waals surface area contributed by atoms with Gasteiger partial charge < -0.3 is 10.4 Å². The standard InChI is InChI=1S/C14H17ClN2O3/c1-9(14(19)20)10-6-17(7-10)8-13(18)16-12-5-3-2-4-11(12)15/h2-5,9-10H,6-8H2,1H3,(H,16,18)(H,19,20). The van der Waals surface area contributed by atoms with Gasteiger partial charge in [-0.25, -0.2) is 0 Å². The summed E-state index contributed by atoms with van der Waals surface area (Å²) in [5.74, 6) is -1.16. The van der Waals surface area contributed by atoms with Crippen LogP contribution < -0.4 is 5.32 Å². The Kier molecular flexibility index (Phi) is 4.62. The van der Waals surface area contributed by atoms with E-state index in [0.717, 1.165) is 0 Å². The molecule has 0 bridgehead atoms. The van der Waals surface area contributed by atoms with Gasteiger partial charge >= 0.3 is 5.97 Å². The zero-order valence-corrected chi connectivity index (χ0v) is 11.9. The van der Waals surface area contributed by atoms with Crippen LogP contribution in [0.25, 0.3) is 0 Å². The van der Waals surface area contributed by atoms with Crippen molar-refractivity contribution in [1.82, 2.24) is 4.90 Å². The van der Waals surface area contributed by atoms with Crippen molar-refractivity contribution >= 4 is 29.2 Å². The second-order valence-corrected chi connectivity index (χ2v) is 5.52. The number of nitrogens with zero attached hydrogens (tertiary/aromatic N) is 1. The minimum Gasteiger partial charge on any atom is -0.481 e. The van der Waals surface area contributed by atoms with E-state index in [1.165, 1.54) is 0 Å². The average Bonchev–Trinajstić information content (AvgIpc) is 2.35. The third-order valence-corrected chi connectivity index (χ3v) is 3.93. The van der Waals surface area contributed by atoms with Gasteiger partial charge in [-0.05, 0) is 18.1 Å². The van der Waals surface area contributed by atoms with Crippen LogP contribution in [-0.4, -0.2) is 41.5 Å². The second kappa shape index (κ2) is 6.24. The molecule has 0 radical (unpaired) electrons.